The minimum Gasteiger partial charge on any atom is -0.507 e. The third kappa shape index (κ3) is 3.35. The molecule has 2 aromatic carbocycles. The summed E-state index contributed by atoms with van der Waals surface area (Å²) in [5.74, 6) is -8.91. The lowest BCUT2D eigenvalue weighted by Crippen LogP contribution is -2.83. The summed E-state index contributed by atoms with van der Waals surface area (Å²) in [6.07, 6.45) is -5.42. The van der Waals surface area contributed by atoms with Crippen molar-refractivity contribution in [2.24, 2.45) is 40.2 Å². The highest BCUT2D eigenvalue weighted by atomic mass is 16.4. The first kappa shape index (κ1) is 29.5. The number of phenolic OH excluding ortho intramolecular Hbond substituents is 1. The van der Waals surface area contributed by atoms with E-state index >= 15 is 0 Å². The summed E-state index contributed by atoms with van der Waals surface area (Å²) in [6, 6.07) is 12.2. The third-order valence-corrected chi connectivity index (χ3v) is 11.3. The number of hydrogen-bond acceptors (Lipinski definition) is 9. The van der Waals surface area contributed by atoms with Crippen LogP contribution in [0.2, 0.25) is 0 Å². The first-order valence-electron chi connectivity index (χ1n) is 14.5. The fraction of sp³-hybridized carbons (Fsp3) is 0.485. The zero-order valence-corrected chi connectivity index (χ0v) is 24.6. The number of aliphatic hydroxyl groups is 4. The standard InChI is InChI=1S/C33H37NO9/c1-13(2)23-26(37)22(29(34)40)27(38)33(42)28(39)24-25(36)21-17(35)11-10-16(19-12-15-8-6-7-9-18(15)43-19)20(21)14(3)31(24,4)30(41)32(23,33)5/h6-14,22-24,26,28,30,35,37,39,41-42H,1-5H3,(H2,34,40)/t14-,22-,23+,24-,26?,28?,30-,31+,32+,33+/m1/s1. The quantitative estimate of drug-likeness (QED) is 0.248. The van der Waals surface area contributed by atoms with Gasteiger partial charge in [-0.1, -0.05) is 52.8 Å². The van der Waals surface area contributed by atoms with E-state index in [1.54, 1.807) is 39.8 Å². The Hall–Kier alpha value is -3.57. The molecule has 2 fully saturated rings. The Morgan fingerprint density at radius 1 is 1.05 bits per heavy atom. The second kappa shape index (κ2) is 9.22. The van der Waals surface area contributed by atoms with Crippen LogP contribution in [0.5, 0.6) is 5.75 Å². The van der Waals surface area contributed by atoms with E-state index in [9.17, 15) is 39.9 Å². The van der Waals surface area contributed by atoms with E-state index in [-0.39, 0.29) is 11.3 Å². The van der Waals surface area contributed by atoms with Crippen LogP contribution in [0.4, 0.5) is 0 Å². The van der Waals surface area contributed by atoms with Crippen molar-refractivity contribution in [2.75, 3.05) is 0 Å². The number of furan rings is 1. The Morgan fingerprint density at radius 2 is 1.70 bits per heavy atom. The van der Waals surface area contributed by atoms with Crippen LogP contribution in [-0.4, -0.2) is 66.9 Å². The summed E-state index contributed by atoms with van der Waals surface area (Å²) < 4.78 is 6.13. The lowest BCUT2D eigenvalue weighted by molar-refractivity contribution is -0.306. The van der Waals surface area contributed by atoms with E-state index in [1.807, 2.05) is 24.3 Å². The Bertz CT molecular complexity index is 1660. The molecule has 10 heteroatoms. The number of primary amides is 1. The molecule has 3 aliphatic rings. The van der Waals surface area contributed by atoms with Gasteiger partial charge in [-0.3, -0.25) is 14.4 Å². The van der Waals surface area contributed by atoms with Gasteiger partial charge < -0.3 is 35.7 Å². The third-order valence-electron chi connectivity index (χ3n) is 11.3. The first-order valence-corrected chi connectivity index (χ1v) is 14.5. The number of amides is 1. The van der Waals surface area contributed by atoms with Crippen molar-refractivity contribution >= 4 is 28.4 Å². The van der Waals surface area contributed by atoms with Crippen LogP contribution in [-0.2, 0) is 9.59 Å². The van der Waals surface area contributed by atoms with Crippen LogP contribution in [0.25, 0.3) is 22.3 Å². The number of carbonyl (C=O) groups is 3. The number of carbonyl (C=O) groups excluding carboxylic acids is 3. The van der Waals surface area contributed by atoms with Crippen LogP contribution < -0.4 is 5.73 Å². The number of fused-ring (bicyclic) bond motifs is 4. The number of benzene rings is 2. The molecular weight excluding hydrogens is 554 g/mol. The van der Waals surface area contributed by atoms with Gasteiger partial charge in [0.25, 0.3) is 0 Å². The molecule has 0 saturated heterocycles. The molecule has 0 aliphatic heterocycles. The van der Waals surface area contributed by atoms with Gasteiger partial charge in [0.1, 0.15) is 29.1 Å². The van der Waals surface area contributed by atoms with Crippen LogP contribution in [0.1, 0.15) is 56.5 Å². The number of ketones is 2. The summed E-state index contributed by atoms with van der Waals surface area (Å²) in [7, 11) is 0. The normalized spacial score (nSPS) is 39.0. The minimum atomic E-state index is -2.83. The number of para-hydroxylation sites is 1. The number of rotatable bonds is 3. The number of phenols is 1. The van der Waals surface area contributed by atoms with Gasteiger partial charge in [0.05, 0.1) is 23.7 Å². The number of aliphatic hydroxyl groups excluding tert-OH is 3. The maximum absolute atomic E-state index is 14.4. The van der Waals surface area contributed by atoms with E-state index < -0.39 is 81.8 Å². The molecule has 1 aromatic heterocycles. The van der Waals surface area contributed by atoms with Crippen LogP contribution in [0.3, 0.4) is 0 Å². The van der Waals surface area contributed by atoms with Crippen LogP contribution in [0, 0.1) is 34.5 Å². The van der Waals surface area contributed by atoms with Gasteiger partial charge in [-0.15, -0.1) is 0 Å². The predicted molar refractivity (Wildman–Crippen MR) is 155 cm³/mol. The average Bonchev–Trinajstić information content (AvgIpc) is 3.37. The summed E-state index contributed by atoms with van der Waals surface area (Å²) in [6.45, 7) is 8.21. The minimum absolute atomic E-state index is 0.110. The Balaban J connectivity index is 1.63. The first-order chi connectivity index (χ1) is 20.1. The largest absolute Gasteiger partial charge is 0.507 e. The summed E-state index contributed by atoms with van der Waals surface area (Å²) >= 11 is 0. The summed E-state index contributed by atoms with van der Waals surface area (Å²) in [4.78, 5) is 40.8. The van der Waals surface area contributed by atoms with E-state index in [0.717, 1.165) is 5.39 Å². The van der Waals surface area contributed by atoms with E-state index in [0.29, 0.717) is 22.5 Å². The monoisotopic (exact) mass is 591 g/mol. The van der Waals surface area contributed by atoms with Crippen LogP contribution >= 0.6 is 0 Å². The van der Waals surface area contributed by atoms with Crippen molar-refractivity contribution in [2.45, 2.75) is 64.4 Å². The number of Topliss-reactive ketones (excluding diaryl/α,β-unsaturated/α-hetero) is 2. The molecule has 6 rings (SSSR count). The van der Waals surface area contributed by atoms with Crippen LogP contribution in [0.15, 0.2) is 46.9 Å². The fourth-order valence-electron chi connectivity index (χ4n) is 9.16. The Morgan fingerprint density at radius 3 is 2.30 bits per heavy atom. The van der Waals surface area contributed by atoms with Crippen molar-refractivity contribution in [3.05, 3.63) is 53.6 Å². The SMILES string of the molecule is CC(C)[C@H]1C(O)[C@@H](C(N)=O)C(=O)[C@]2(O)C(O)[C@H]3C(=O)c4c(O)ccc(-c5cc6ccccc6o5)c4[C@@H](C)[C@]3(C)[C@@H](O)[C@]12C. The van der Waals surface area contributed by atoms with Gasteiger partial charge in [-0.25, -0.2) is 0 Å². The molecule has 0 radical (unpaired) electrons. The zero-order valence-electron chi connectivity index (χ0n) is 24.6. The molecule has 7 N–H and O–H groups in total. The zero-order chi connectivity index (χ0) is 31.5. The van der Waals surface area contributed by atoms with Gasteiger partial charge in [0.2, 0.25) is 5.91 Å². The van der Waals surface area contributed by atoms with Crippen molar-refractivity contribution in [3.8, 4) is 17.1 Å². The highest BCUT2D eigenvalue weighted by molar-refractivity contribution is 6.10. The smallest absolute Gasteiger partial charge is 0.230 e. The van der Waals surface area contributed by atoms with Crippen molar-refractivity contribution in [1.29, 1.82) is 0 Å². The maximum atomic E-state index is 14.4. The fourth-order valence-corrected chi connectivity index (χ4v) is 9.16. The lowest BCUT2D eigenvalue weighted by atomic mass is 9.36. The summed E-state index contributed by atoms with van der Waals surface area (Å²) in [5, 5.41) is 60.0. The second-order valence-electron chi connectivity index (χ2n) is 13.4. The molecule has 1 amide bonds. The Labute approximate surface area is 248 Å². The molecule has 1 heterocycles. The molecular formula is C33H37NO9. The molecule has 3 aromatic rings. The number of nitrogens with two attached hydrogens (primary N) is 1. The maximum Gasteiger partial charge on any atom is 0.230 e. The Kier molecular flexibility index (Phi) is 6.32. The molecule has 2 saturated carbocycles. The molecule has 3 aliphatic carbocycles. The highest BCUT2D eigenvalue weighted by Gasteiger charge is 2.80. The van der Waals surface area contributed by atoms with Gasteiger partial charge >= 0.3 is 0 Å². The molecule has 228 valence electrons. The molecule has 10 atom stereocenters. The molecule has 10 nitrogen and oxygen atoms in total. The average molecular weight is 592 g/mol. The predicted octanol–water partition coefficient (Wildman–Crippen LogP) is 2.52. The van der Waals surface area contributed by atoms with Crippen molar-refractivity contribution in [1.82, 2.24) is 0 Å². The van der Waals surface area contributed by atoms with E-state index in [2.05, 4.69) is 0 Å². The van der Waals surface area contributed by atoms with E-state index in [4.69, 9.17) is 10.2 Å². The second-order valence-corrected chi connectivity index (χ2v) is 13.4. The van der Waals surface area contributed by atoms with Gasteiger partial charge in [0.15, 0.2) is 17.2 Å². The summed E-state index contributed by atoms with van der Waals surface area (Å²) in [5.41, 5.74) is 0.648. The molecule has 2 unspecified atom stereocenters. The molecule has 0 spiro atoms. The van der Waals surface area contributed by atoms with Gasteiger partial charge in [-0.2, -0.15) is 0 Å². The van der Waals surface area contributed by atoms with E-state index in [1.165, 1.54) is 13.0 Å². The number of hydrogen-bond donors (Lipinski definition) is 6. The van der Waals surface area contributed by atoms with Gasteiger partial charge in [0, 0.05) is 21.8 Å². The molecule has 0 bridgehead atoms. The van der Waals surface area contributed by atoms with Crippen molar-refractivity contribution < 1.29 is 44.3 Å². The number of aromatic hydroxyl groups is 1. The topological polar surface area (TPSA) is 192 Å². The lowest BCUT2D eigenvalue weighted by Gasteiger charge is -2.69. The van der Waals surface area contributed by atoms with Gasteiger partial charge in [-0.05, 0) is 47.6 Å². The highest BCUT2D eigenvalue weighted by Crippen LogP contribution is 2.68. The molecule has 43 heavy (non-hydrogen) atoms. The van der Waals surface area contributed by atoms with Crippen molar-refractivity contribution in [3.63, 3.8) is 0 Å².